The van der Waals surface area contributed by atoms with E-state index in [4.69, 9.17) is 11.6 Å². The summed E-state index contributed by atoms with van der Waals surface area (Å²) < 4.78 is 0. The predicted molar refractivity (Wildman–Crippen MR) is 95.5 cm³/mol. The van der Waals surface area contributed by atoms with Crippen LogP contribution >= 0.6 is 11.6 Å². The molecule has 0 aliphatic carbocycles. The summed E-state index contributed by atoms with van der Waals surface area (Å²) in [5, 5.41) is 3.81. The Morgan fingerprint density at radius 2 is 2.08 bits per heavy atom. The summed E-state index contributed by atoms with van der Waals surface area (Å²) in [6.45, 7) is 3.23. The number of benzene rings is 1. The van der Waals surface area contributed by atoms with Gasteiger partial charge in [-0.2, -0.15) is 0 Å². The smallest absolute Gasteiger partial charge is 0.224 e. The number of amides is 1. The first-order valence-corrected chi connectivity index (χ1v) is 8.72. The van der Waals surface area contributed by atoms with Gasteiger partial charge in [0, 0.05) is 37.1 Å². The number of carbonyl (C=O) groups excluding carboxylic acids is 1. The second kappa shape index (κ2) is 8.27. The standard InChI is InChI=1S/C19H22ClN3O/c20-18-5-1-3-16(11-18)13-23-10-2-4-17(14-23)19(24)22-12-15-6-8-21-9-7-15/h1,3,5-9,11,17H,2,4,10,12-14H2,(H,22,24). The molecule has 126 valence electrons. The number of likely N-dealkylation sites (tertiary alicyclic amines) is 1. The van der Waals surface area contributed by atoms with Crippen LogP contribution in [-0.2, 0) is 17.9 Å². The van der Waals surface area contributed by atoms with Crippen LogP contribution in [0.15, 0.2) is 48.8 Å². The van der Waals surface area contributed by atoms with Gasteiger partial charge in [0.1, 0.15) is 0 Å². The summed E-state index contributed by atoms with van der Waals surface area (Å²) in [5.74, 6) is 0.197. The van der Waals surface area contributed by atoms with Gasteiger partial charge in [-0.1, -0.05) is 23.7 Å². The molecule has 0 bridgehead atoms. The molecule has 5 heteroatoms. The first-order valence-electron chi connectivity index (χ1n) is 8.34. The summed E-state index contributed by atoms with van der Waals surface area (Å²) >= 11 is 6.05. The van der Waals surface area contributed by atoms with Crippen molar-refractivity contribution in [2.45, 2.75) is 25.9 Å². The monoisotopic (exact) mass is 343 g/mol. The molecular weight excluding hydrogens is 322 g/mol. The molecule has 0 spiro atoms. The highest BCUT2D eigenvalue weighted by molar-refractivity contribution is 6.30. The lowest BCUT2D eigenvalue weighted by molar-refractivity contribution is -0.126. The van der Waals surface area contributed by atoms with E-state index in [-0.39, 0.29) is 11.8 Å². The number of rotatable bonds is 5. The van der Waals surface area contributed by atoms with Crippen LogP contribution in [0.25, 0.3) is 0 Å². The van der Waals surface area contributed by atoms with Gasteiger partial charge >= 0.3 is 0 Å². The minimum Gasteiger partial charge on any atom is -0.352 e. The molecule has 2 aromatic rings. The first-order chi connectivity index (χ1) is 11.7. The highest BCUT2D eigenvalue weighted by Crippen LogP contribution is 2.20. The lowest BCUT2D eigenvalue weighted by atomic mass is 9.96. The minimum atomic E-state index is 0.0553. The Labute approximate surface area is 147 Å². The second-order valence-electron chi connectivity index (χ2n) is 6.28. The van der Waals surface area contributed by atoms with E-state index < -0.39 is 0 Å². The van der Waals surface area contributed by atoms with Crippen LogP contribution in [0.4, 0.5) is 0 Å². The third-order valence-corrected chi connectivity index (χ3v) is 4.62. The van der Waals surface area contributed by atoms with Crippen LogP contribution in [0.2, 0.25) is 5.02 Å². The Balaban J connectivity index is 1.52. The van der Waals surface area contributed by atoms with Crippen LogP contribution in [0.1, 0.15) is 24.0 Å². The summed E-state index contributed by atoms with van der Waals surface area (Å²) in [7, 11) is 0. The van der Waals surface area contributed by atoms with Crippen LogP contribution in [0.5, 0.6) is 0 Å². The number of nitrogens with one attached hydrogen (secondary N) is 1. The molecule has 1 aromatic heterocycles. The molecule has 1 N–H and O–H groups in total. The second-order valence-corrected chi connectivity index (χ2v) is 6.71. The Morgan fingerprint density at radius 1 is 1.25 bits per heavy atom. The first kappa shape index (κ1) is 16.9. The zero-order valence-electron chi connectivity index (χ0n) is 13.6. The maximum absolute atomic E-state index is 12.4. The molecule has 0 radical (unpaired) electrons. The Hall–Kier alpha value is -1.91. The van der Waals surface area contributed by atoms with Gasteiger partial charge in [-0.25, -0.2) is 0 Å². The Kier molecular flexibility index (Phi) is 5.83. The van der Waals surface area contributed by atoms with Gasteiger partial charge in [0.15, 0.2) is 0 Å². The van der Waals surface area contributed by atoms with Crippen molar-refractivity contribution in [3.05, 3.63) is 64.9 Å². The number of piperidine rings is 1. The summed E-state index contributed by atoms with van der Waals surface area (Å²) in [5.41, 5.74) is 2.27. The highest BCUT2D eigenvalue weighted by Gasteiger charge is 2.25. The molecule has 1 aliphatic rings. The van der Waals surface area contributed by atoms with E-state index in [1.807, 2.05) is 30.3 Å². The number of hydrogen-bond acceptors (Lipinski definition) is 3. The van der Waals surface area contributed by atoms with Crippen LogP contribution in [0.3, 0.4) is 0 Å². The summed E-state index contributed by atoms with van der Waals surface area (Å²) in [4.78, 5) is 18.8. The number of aromatic nitrogens is 1. The van der Waals surface area contributed by atoms with E-state index in [9.17, 15) is 4.79 Å². The van der Waals surface area contributed by atoms with E-state index in [1.165, 1.54) is 5.56 Å². The maximum Gasteiger partial charge on any atom is 0.224 e. The predicted octanol–water partition coefficient (Wildman–Crippen LogP) is 3.26. The fourth-order valence-electron chi connectivity index (χ4n) is 3.14. The molecular formula is C19H22ClN3O. The average Bonchev–Trinajstić information content (AvgIpc) is 2.61. The molecule has 1 atom stereocenters. The number of pyridine rings is 1. The quantitative estimate of drug-likeness (QED) is 0.906. The minimum absolute atomic E-state index is 0.0553. The van der Waals surface area contributed by atoms with Gasteiger partial charge in [0.25, 0.3) is 0 Å². The molecule has 1 aliphatic heterocycles. The molecule has 4 nitrogen and oxygen atoms in total. The van der Waals surface area contributed by atoms with E-state index in [2.05, 4.69) is 21.3 Å². The number of carbonyl (C=O) groups is 1. The van der Waals surface area contributed by atoms with Gasteiger partial charge in [0.05, 0.1) is 5.92 Å². The fraction of sp³-hybridized carbons (Fsp3) is 0.368. The topological polar surface area (TPSA) is 45.2 Å². The van der Waals surface area contributed by atoms with Crippen LogP contribution in [0, 0.1) is 5.92 Å². The molecule has 3 rings (SSSR count). The van der Waals surface area contributed by atoms with E-state index in [0.717, 1.165) is 43.1 Å². The third kappa shape index (κ3) is 4.79. The normalized spacial score (nSPS) is 18.3. The van der Waals surface area contributed by atoms with Gasteiger partial charge in [-0.3, -0.25) is 14.7 Å². The number of nitrogens with zero attached hydrogens (tertiary/aromatic N) is 2. The Morgan fingerprint density at radius 3 is 2.88 bits per heavy atom. The van der Waals surface area contributed by atoms with E-state index >= 15 is 0 Å². The molecule has 1 saturated heterocycles. The van der Waals surface area contributed by atoms with E-state index in [0.29, 0.717) is 6.54 Å². The maximum atomic E-state index is 12.4. The highest BCUT2D eigenvalue weighted by atomic mass is 35.5. The lowest BCUT2D eigenvalue weighted by Gasteiger charge is -2.32. The van der Waals surface area contributed by atoms with Crippen molar-refractivity contribution in [3.63, 3.8) is 0 Å². The molecule has 1 fully saturated rings. The average molecular weight is 344 g/mol. The van der Waals surface area contributed by atoms with Gasteiger partial charge in [-0.15, -0.1) is 0 Å². The van der Waals surface area contributed by atoms with Crippen molar-refractivity contribution in [1.29, 1.82) is 0 Å². The third-order valence-electron chi connectivity index (χ3n) is 4.39. The van der Waals surface area contributed by atoms with Gasteiger partial charge in [-0.05, 0) is 54.8 Å². The number of hydrogen-bond donors (Lipinski definition) is 1. The van der Waals surface area contributed by atoms with Crippen molar-refractivity contribution in [3.8, 4) is 0 Å². The lowest BCUT2D eigenvalue weighted by Crippen LogP contribution is -2.42. The molecule has 24 heavy (non-hydrogen) atoms. The molecule has 0 saturated carbocycles. The van der Waals surface area contributed by atoms with Crippen molar-refractivity contribution < 1.29 is 4.79 Å². The molecule has 1 aromatic carbocycles. The largest absolute Gasteiger partial charge is 0.352 e. The van der Waals surface area contributed by atoms with E-state index in [1.54, 1.807) is 12.4 Å². The van der Waals surface area contributed by atoms with Crippen LogP contribution in [-0.4, -0.2) is 28.9 Å². The fourth-order valence-corrected chi connectivity index (χ4v) is 3.35. The van der Waals surface area contributed by atoms with Gasteiger partial charge in [0.2, 0.25) is 5.91 Å². The summed E-state index contributed by atoms with van der Waals surface area (Å²) in [6.07, 6.45) is 5.49. The SMILES string of the molecule is O=C(NCc1ccncc1)C1CCCN(Cc2cccc(Cl)c2)C1. The van der Waals surface area contributed by atoms with Gasteiger partial charge < -0.3 is 5.32 Å². The van der Waals surface area contributed by atoms with Crippen molar-refractivity contribution in [2.24, 2.45) is 5.92 Å². The van der Waals surface area contributed by atoms with Crippen molar-refractivity contribution >= 4 is 17.5 Å². The Bertz CT molecular complexity index is 677. The molecule has 1 amide bonds. The summed E-state index contributed by atoms with van der Waals surface area (Å²) in [6, 6.07) is 11.8. The van der Waals surface area contributed by atoms with Crippen molar-refractivity contribution in [1.82, 2.24) is 15.2 Å². The molecule has 2 heterocycles. The molecule has 1 unspecified atom stereocenters. The number of halogens is 1. The zero-order valence-corrected chi connectivity index (χ0v) is 14.4. The van der Waals surface area contributed by atoms with Crippen LogP contribution < -0.4 is 5.32 Å². The zero-order chi connectivity index (χ0) is 16.8. The van der Waals surface area contributed by atoms with Crippen molar-refractivity contribution in [2.75, 3.05) is 13.1 Å².